The number of hydrogen-bond acceptors (Lipinski definition) is 4. The van der Waals surface area contributed by atoms with Crippen LogP contribution in [-0.4, -0.2) is 23.8 Å². The summed E-state index contributed by atoms with van der Waals surface area (Å²) in [5, 5.41) is 0. The van der Waals surface area contributed by atoms with Gasteiger partial charge in [0.25, 0.3) is 6.47 Å². The standard InChI is InChI=1S/C10H11NO3/c1-8(13)10-4-2-3-9(11-10)5-6-14-7-12/h2-4,7H,5-6H2,1H3. The van der Waals surface area contributed by atoms with Gasteiger partial charge in [0.15, 0.2) is 5.78 Å². The lowest BCUT2D eigenvalue weighted by Crippen LogP contribution is -2.03. The summed E-state index contributed by atoms with van der Waals surface area (Å²) in [6.45, 7) is 2.15. The number of carbonyl (C=O) groups excluding carboxylic acids is 2. The molecule has 0 bridgehead atoms. The zero-order chi connectivity index (χ0) is 10.4. The fraction of sp³-hybridized carbons (Fsp3) is 0.300. The second kappa shape index (κ2) is 5.11. The quantitative estimate of drug-likeness (QED) is 0.397. The molecular weight excluding hydrogens is 182 g/mol. The van der Waals surface area contributed by atoms with E-state index in [4.69, 9.17) is 0 Å². The molecule has 0 aliphatic heterocycles. The molecule has 4 heteroatoms. The van der Waals surface area contributed by atoms with Crippen molar-refractivity contribution < 1.29 is 14.3 Å². The van der Waals surface area contributed by atoms with Crippen LogP contribution in [0.4, 0.5) is 0 Å². The number of ketones is 1. The lowest BCUT2D eigenvalue weighted by Gasteiger charge is -2.00. The van der Waals surface area contributed by atoms with E-state index in [0.717, 1.165) is 5.69 Å². The van der Waals surface area contributed by atoms with Gasteiger partial charge in [0.2, 0.25) is 0 Å². The Morgan fingerprint density at radius 2 is 2.36 bits per heavy atom. The minimum Gasteiger partial charge on any atom is -0.467 e. The second-order valence-corrected chi connectivity index (χ2v) is 2.79. The van der Waals surface area contributed by atoms with Gasteiger partial charge in [-0.05, 0) is 12.1 Å². The van der Waals surface area contributed by atoms with Crippen molar-refractivity contribution in [3.63, 3.8) is 0 Å². The molecule has 1 rings (SSSR count). The normalized spacial score (nSPS) is 9.50. The third-order valence-corrected chi connectivity index (χ3v) is 1.71. The molecule has 14 heavy (non-hydrogen) atoms. The van der Waals surface area contributed by atoms with Crippen molar-refractivity contribution >= 4 is 12.3 Å². The zero-order valence-corrected chi connectivity index (χ0v) is 7.90. The van der Waals surface area contributed by atoms with Gasteiger partial charge in [0.05, 0.1) is 6.61 Å². The van der Waals surface area contributed by atoms with Crippen LogP contribution in [0.25, 0.3) is 0 Å². The van der Waals surface area contributed by atoms with Crippen molar-refractivity contribution in [2.24, 2.45) is 0 Å². The monoisotopic (exact) mass is 193 g/mol. The van der Waals surface area contributed by atoms with Crippen LogP contribution in [0.1, 0.15) is 23.1 Å². The SMILES string of the molecule is CC(=O)c1cccc(CCOC=O)n1. The number of rotatable bonds is 5. The van der Waals surface area contributed by atoms with Crippen molar-refractivity contribution in [2.75, 3.05) is 6.61 Å². The molecule has 0 spiro atoms. The van der Waals surface area contributed by atoms with Crippen LogP contribution in [0.3, 0.4) is 0 Å². The first-order valence-electron chi connectivity index (χ1n) is 4.26. The highest BCUT2D eigenvalue weighted by molar-refractivity contribution is 5.92. The summed E-state index contributed by atoms with van der Waals surface area (Å²) >= 11 is 0. The van der Waals surface area contributed by atoms with Gasteiger partial charge in [-0.2, -0.15) is 0 Å². The highest BCUT2D eigenvalue weighted by Crippen LogP contribution is 2.01. The van der Waals surface area contributed by atoms with Gasteiger partial charge >= 0.3 is 0 Å². The van der Waals surface area contributed by atoms with E-state index >= 15 is 0 Å². The molecule has 4 nitrogen and oxygen atoms in total. The van der Waals surface area contributed by atoms with Crippen molar-refractivity contribution in [1.82, 2.24) is 4.98 Å². The van der Waals surface area contributed by atoms with E-state index in [-0.39, 0.29) is 12.4 Å². The molecule has 0 N–H and O–H groups in total. The number of carbonyl (C=O) groups is 2. The first-order valence-corrected chi connectivity index (χ1v) is 4.26. The van der Waals surface area contributed by atoms with Gasteiger partial charge in [-0.3, -0.25) is 9.59 Å². The van der Waals surface area contributed by atoms with Crippen LogP contribution in [0.2, 0.25) is 0 Å². The van der Waals surface area contributed by atoms with Crippen LogP contribution >= 0.6 is 0 Å². The third kappa shape index (κ3) is 2.97. The molecule has 0 unspecified atom stereocenters. The summed E-state index contributed by atoms with van der Waals surface area (Å²) in [4.78, 5) is 24.9. The first kappa shape index (κ1) is 10.4. The summed E-state index contributed by atoms with van der Waals surface area (Å²) in [5.74, 6) is -0.0665. The van der Waals surface area contributed by atoms with E-state index in [1.807, 2.05) is 0 Å². The fourth-order valence-corrected chi connectivity index (χ4v) is 1.03. The summed E-state index contributed by atoms with van der Waals surface area (Å²) in [6, 6.07) is 5.22. The average molecular weight is 193 g/mol. The first-order chi connectivity index (χ1) is 6.74. The molecule has 0 saturated carbocycles. The molecule has 0 aliphatic carbocycles. The molecule has 0 amide bonds. The number of aromatic nitrogens is 1. The Bertz CT molecular complexity index is 336. The summed E-state index contributed by atoms with van der Waals surface area (Å²) in [7, 11) is 0. The molecule has 0 fully saturated rings. The van der Waals surface area contributed by atoms with E-state index in [2.05, 4.69) is 9.72 Å². The van der Waals surface area contributed by atoms with Crippen molar-refractivity contribution in [3.05, 3.63) is 29.6 Å². The molecule has 1 aromatic heterocycles. The summed E-state index contributed by atoms with van der Waals surface area (Å²) in [6.07, 6.45) is 0.528. The summed E-state index contributed by atoms with van der Waals surface area (Å²) < 4.78 is 4.53. The van der Waals surface area contributed by atoms with E-state index in [1.165, 1.54) is 6.92 Å². The van der Waals surface area contributed by atoms with Crippen LogP contribution in [-0.2, 0) is 16.0 Å². The second-order valence-electron chi connectivity index (χ2n) is 2.79. The lowest BCUT2D eigenvalue weighted by molar-refractivity contribution is -0.128. The maximum absolute atomic E-state index is 11.0. The van der Waals surface area contributed by atoms with Gasteiger partial charge in [-0.25, -0.2) is 4.98 Å². The smallest absolute Gasteiger partial charge is 0.293 e. The van der Waals surface area contributed by atoms with E-state index in [1.54, 1.807) is 18.2 Å². The van der Waals surface area contributed by atoms with Crippen LogP contribution in [0, 0.1) is 0 Å². The Kier molecular flexibility index (Phi) is 3.79. The highest BCUT2D eigenvalue weighted by Gasteiger charge is 2.01. The number of ether oxygens (including phenoxy) is 1. The number of pyridine rings is 1. The topological polar surface area (TPSA) is 56.3 Å². The Labute approximate surface area is 81.9 Å². The van der Waals surface area contributed by atoms with Gasteiger partial charge in [0, 0.05) is 19.0 Å². The van der Waals surface area contributed by atoms with Gasteiger partial charge in [-0.15, -0.1) is 0 Å². The van der Waals surface area contributed by atoms with Crippen LogP contribution in [0.15, 0.2) is 18.2 Å². The summed E-state index contributed by atoms with van der Waals surface area (Å²) in [5.41, 5.74) is 1.19. The molecule has 0 atom stereocenters. The molecule has 1 heterocycles. The molecule has 0 aromatic carbocycles. The molecule has 74 valence electrons. The lowest BCUT2D eigenvalue weighted by atomic mass is 10.2. The minimum atomic E-state index is -0.0665. The van der Waals surface area contributed by atoms with Crippen molar-refractivity contribution in [3.8, 4) is 0 Å². The average Bonchev–Trinajstić information content (AvgIpc) is 2.19. The minimum absolute atomic E-state index is 0.0665. The number of hydrogen-bond donors (Lipinski definition) is 0. The van der Waals surface area contributed by atoms with E-state index < -0.39 is 0 Å². The number of Topliss-reactive ketones (excluding diaryl/α,β-unsaturated/α-hetero) is 1. The maximum atomic E-state index is 11.0. The predicted molar refractivity (Wildman–Crippen MR) is 50.0 cm³/mol. The Hall–Kier alpha value is -1.71. The van der Waals surface area contributed by atoms with Crippen molar-refractivity contribution in [2.45, 2.75) is 13.3 Å². The fourth-order valence-electron chi connectivity index (χ4n) is 1.03. The molecular formula is C10H11NO3. The zero-order valence-electron chi connectivity index (χ0n) is 7.90. The largest absolute Gasteiger partial charge is 0.467 e. The molecule has 1 aromatic rings. The molecule has 0 radical (unpaired) electrons. The Morgan fingerprint density at radius 3 is 3.00 bits per heavy atom. The van der Waals surface area contributed by atoms with Crippen LogP contribution in [0.5, 0.6) is 0 Å². The van der Waals surface area contributed by atoms with Gasteiger partial charge < -0.3 is 4.74 Å². The van der Waals surface area contributed by atoms with E-state index in [0.29, 0.717) is 18.6 Å². The number of nitrogens with zero attached hydrogens (tertiary/aromatic N) is 1. The van der Waals surface area contributed by atoms with Gasteiger partial charge in [0.1, 0.15) is 5.69 Å². The maximum Gasteiger partial charge on any atom is 0.293 e. The van der Waals surface area contributed by atoms with E-state index in [9.17, 15) is 9.59 Å². The molecule has 0 aliphatic rings. The Balaban J connectivity index is 2.63. The Morgan fingerprint density at radius 1 is 1.57 bits per heavy atom. The third-order valence-electron chi connectivity index (χ3n) is 1.71. The van der Waals surface area contributed by atoms with Crippen LogP contribution < -0.4 is 0 Å². The van der Waals surface area contributed by atoms with Gasteiger partial charge in [-0.1, -0.05) is 6.07 Å². The predicted octanol–water partition coefficient (Wildman–Crippen LogP) is 1.000. The molecule has 0 saturated heterocycles. The highest BCUT2D eigenvalue weighted by atomic mass is 16.5. The van der Waals surface area contributed by atoms with Crippen molar-refractivity contribution in [1.29, 1.82) is 0 Å².